The fourth-order valence-electron chi connectivity index (χ4n) is 1.63. The zero-order chi connectivity index (χ0) is 14.5. The van der Waals surface area contributed by atoms with Crippen molar-refractivity contribution in [1.29, 1.82) is 5.26 Å². The number of ether oxygens (including phenoxy) is 1. The van der Waals surface area contributed by atoms with Crippen LogP contribution in [-0.2, 0) is 6.61 Å². The molecule has 0 aliphatic carbocycles. The summed E-state index contributed by atoms with van der Waals surface area (Å²) in [5.41, 5.74) is 1.42. The van der Waals surface area contributed by atoms with E-state index in [4.69, 9.17) is 26.7 Å². The lowest BCUT2D eigenvalue weighted by molar-refractivity contribution is 0.0691. The van der Waals surface area contributed by atoms with Gasteiger partial charge in [0, 0.05) is 5.02 Å². The van der Waals surface area contributed by atoms with Crippen LogP contribution >= 0.6 is 11.6 Å². The van der Waals surface area contributed by atoms with Crippen LogP contribution in [-0.4, -0.2) is 11.1 Å². The van der Waals surface area contributed by atoms with Crippen LogP contribution in [0.15, 0.2) is 42.5 Å². The molecular formula is C15H10ClNO3. The first-order chi connectivity index (χ1) is 9.60. The minimum atomic E-state index is -1.10. The van der Waals surface area contributed by atoms with Crippen molar-refractivity contribution >= 4 is 17.6 Å². The summed E-state index contributed by atoms with van der Waals surface area (Å²) in [6.45, 7) is 0.216. The highest BCUT2D eigenvalue weighted by Gasteiger charge is 2.12. The van der Waals surface area contributed by atoms with Gasteiger partial charge in [-0.05, 0) is 35.9 Å². The van der Waals surface area contributed by atoms with Crippen LogP contribution < -0.4 is 4.74 Å². The molecule has 0 aliphatic heterocycles. The molecule has 0 radical (unpaired) electrons. The lowest BCUT2D eigenvalue weighted by atomic mass is 10.1. The van der Waals surface area contributed by atoms with Crippen LogP contribution in [0.25, 0.3) is 0 Å². The summed E-state index contributed by atoms with van der Waals surface area (Å²) >= 11 is 5.76. The number of nitrogens with zero attached hydrogens (tertiary/aromatic N) is 1. The van der Waals surface area contributed by atoms with E-state index >= 15 is 0 Å². The van der Waals surface area contributed by atoms with E-state index in [9.17, 15) is 4.79 Å². The van der Waals surface area contributed by atoms with Gasteiger partial charge >= 0.3 is 5.97 Å². The van der Waals surface area contributed by atoms with Gasteiger partial charge in [0.1, 0.15) is 17.9 Å². The first kappa shape index (κ1) is 13.9. The zero-order valence-electron chi connectivity index (χ0n) is 10.3. The maximum atomic E-state index is 11.1. The number of benzene rings is 2. The Morgan fingerprint density at radius 2 is 1.95 bits per heavy atom. The number of carbonyl (C=O) groups is 1. The van der Waals surface area contributed by atoms with Crippen molar-refractivity contribution < 1.29 is 14.6 Å². The third-order valence-corrected chi connectivity index (χ3v) is 2.88. The molecule has 0 aliphatic rings. The summed E-state index contributed by atoms with van der Waals surface area (Å²) in [6.07, 6.45) is 0. The van der Waals surface area contributed by atoms with Crippen molar-refractivity contribution in [3.05, 3.63) is 64.2 Å². The van der Waals surface area contributed by atoms with Gasteiger partial charge in [0.15, 0.2) is 0 Å². The minimum Gasteiger partial charge on any atom is -0.488 e. The Morgan fingerprint density at radius 3 is 2.55 bits per heavy atom. The first-order valence-electron chi connectivity index (χ1n) is 5.75. The van der Waals surface area contributed by atoms with Crippen LogP contribution in [0.3, 0.4) is 0 Å². The predicted octanol–water partition coefficient (Wildman–Crippen LogP) is 3.49. The van der Waals surface area contributed by atoms with E-state index in [0.29, 0.717) is 10.6 Å². The standard InChI is InChI=1S/C15H10ClNO3/c16-12-5-6-14(13(7-12)15(18)19)20-9-11-3-1-10(8-17)2-4-11/h1-7H,9H2,(H,18,19). The molecule has 0 unspecified atom stereocenters. The highest BCUT2D eigenvalue weighted by molar-refractivity contribution is 6.31. The second-order valence-electron chi connectivity index (χ2n) is 4.04. The molecule has 2 aromatic rings. The van der Waals surface area contributed by atoms with E-state index in [1.54, 1.807) is 30.3 Å². The van der Waals surface area contributed by atoms with Gasteiger partial charge in [0.25, 0.3) is 0 Å². The molecule has 100 valence electrons. The summed E-state index contributed by atoms with van der Waals surface area (Å²) < 4.78 is 5.49. The SMILES string of the molecule is N#Cc1ccc(COc2ccc(Cl)cc2C(=O)O)cc1. The lowest BCUT2D eigenvalue weighted by Gasteiger charge is -2.09. The Balaban J connectivity index is 2.14. The molecule has 0 amide bonds. The number of rotatable bonds is 4. The van der Waals surface area contributed by atoms with E-state index in [0.717, 1.165) is 5.56 Å². The van der Waals surface area contributed by atoms with Gasteiger partial charge in [-0.15, -0.1) is 0 Å². The maximum absolute atomic E-state index is 11.1. The molecule has 20 heavy (non-hydrogen) atoms. The second-order valence-corrected chi connectivity index (χ2v) is 4.48. The molecule has 2 rings (SSSR count). The average Bonchev–Trinajstić information content (AvgIpc) is 2.46. The average molecular weight is 288 g/mol. The Kier molecular flexibility index (Phi) is 4.24. The van der Waals surface area contributed by atoms with Crippen LogP contribution in [0.2, 0.25) is 5.02 Å². The summed E-state index contributed by atoms with van der Waals surface area (Å²) in [7, 11) is 0. The summed E-state index contributed by atoms with van der Waals surface area (Å²) in [5.74, 6) is -0.839. The van der Waals surface area contributed by atoms with Crippen molar-refractivity contribution in [2.45, 2.75) is 6.61 Å². The molecule has 1 N–H and O–H groups in total. The Morgan fingerprint density at radius 1 is 1.25 bits per heavy atom. The summed E-state index contributed by atoms with van der Waals surface area (Å²) in [4.78, 5) is 11.1. The maximum Gasteiger partial charge on any atom is 0.339 e. The number of nitriles is 1. The van der Waals surface area contributed by atoms with Crippen LogP contribution in [0.1, 0.15) is 21.5 Å². The van der Waals surface area contributed by atoms with Gasteiger partial charge in [-0.2, -0.15) is 5.26 Å². The summed E-state index contributed by atoms with van der Waals surface area (Å²) in [6, 6.07) is 13.3. The van der Waals surface area contributed by atoms with Gasteiger partial charge in [-0.1, -0.05) is 23.7 Å². The van der Waals surface area contributed by atoms with Crippen LogP contribution in [0, 0.1) is 11.3 Å². The van der Waals surface area contributed by atoms with Crippen molar-refractivity contribution in [2.24, 2.45) is 0 Å². The van der Waals surface area contributed by atoms with Crippen molar-refractivity contribution in [3.8, 4) is 11.8 Å². The molecule has 2 aromatic carbocycles. The smallest absolute Gasteiger partial charge is 0.339 e. The fraction of sp³-hybridized carbons (Fsp3) is 0.0667. The molecule has 0 bridgehead atoms. The van der Waals surface area contributed by atoms with E-state index in [-0.39, 0.29) is 17.9 Å². The Bertz CT molecular complexity index is 675. The fourth-order valence-corrected chi connectivity index (χ4v) is 1.80. The largest absolute Gasteiger partial charge is 0.488 e. The minimum absolute atomic E-state index is 0.0196. The Hall–Kier alpha value is -2.51. The predicted molar refractivity (Wildman–Crippen MR) is 73.9 cm³/mol. The van der Waals surface area contributed by atoms with E-state index in [1.165, 1.54) is 12.1 Å². The molecular weight excluding hydrogens is 278 g/mol. The number of halogens is 1. The van der Waals surface area contributed by atoms with Gasteiger partial charge in [-0.25, -0.2) is 4.79 Å². The second kappa shape index (κ2) is 6.09. The van der Waals surface area contributed by atoms with Crippen molar-refractivity contribution in [2.75, 3.05) is 0 Å². The van der Waals surface area contributed by atoms with Crippen LogP contribution in [0.5, 0.6) is 5.75 Å². The van der Waals surface area contributed by atoms with Crippen molar-refractivity contribution in [3.63, 3.8) is 0 Å². The van der Waals surface area contributed by atoms with Gasteiger partial charge in [0.2, 0.25) is 0 Å². The highest BCUT2D eigenvalue weighted by Crippen LogP contribution is 2.23. The quantitative estimate of drug-likeness (QED) is 0.934. The number of carboxylic acids is 1. The van der Waals surface area contributed by atoms with Crippen molar-refractivity contribution in [1.82, 2.24) is 0 Å². The molecule has 0 fully saturated rings. The van der Waals surface area contributed by atoms with E-state index in [2.05, 4.69) is 0 Å². The number of carboxylic acid groups (broad SMARTS) is 1. The molecule has 0 saturated heterocycles. The third kappa shape index (κ3) is 3.28. The molecule has 5 heteroatoms. The number of hydrogen-bond donors (Lipinski definition) is 1. The summed E-state index contributed by atoms with van der Waals surface area (Å²) in [5, 5.41) is 18.1. The third-order valence-electron chi connectivity index (χ3n) is 2.65. The van der Waals surface area contributed by atoms with Gasteiger partial charge < -0.3 is 9.84 Å². The molecule has 0 aromatic heterocycles. The Labute approximate surface area is 120 Å². The van der Waals surface area contributed by atoms with E-state index in [1.807, 2.05) is 6.07 Å². The molecule has 4 nitrogen and oxygen atoms in total. The van der Waals surface area contributed by atoms with E-state index < -0.39 is 5.97 Å². The monoisotopic (exact) mass is 287 g/mol. The lowest BCUT2D eigenvalue weighted by Crippen LogP contribution is -2.03. The first-order valence-corrected chi connectivity index (χ1v) is 6.12. The molecule has 0 spiro atoms. The number of hydrogen-bond acceptors (Lipinski definition) is 3. The highest BCUT2D eigenvalue weighted by atomic mass is 35.5. The van der Waals surface area contributed by atoms with Gasteiger partial charge in [-0.3, -0.25) is 0 Å². The zero-order valence-corrected chi connectivity index (χ0v) is 11.1. The van der Waals surface area contributed by atoms with Crippen LogP contribution in [0.4, 0.5) is 0 Å². The van der Waals surface area contributed by atoms with Gasteiger partial charge in [0.05, 0.1) is 11.6 Å². The molecule has 0 heterocycles. The molecule has 0 saturated carbocycles. The molecule has 0 atom stereocenters. The topological polar surface area (TPSA) is 70.3 Å². The normalized spacial score (nSPS) is 9.80. The number of aromatic carboxylic acids is 1.